The van der Waals surface area contributed by atoms with Crippen molar-refractivity contribution in [1.82, 2.24) is 10.3 Å². The molecule has 1 aliphatic heterocycles. The molecule has 1 atom stereocenters. The number of carbonyl (C=O) groups is 2. The van der Waals surface area contributed by atoms with Gasteiger partial charge in [0.25, 0.3) is 0 Å². The van der Waals surface area contributed by atoms with Crippen molar-refractivity contribution in [3.63, 3.8) is 0 Å². The van der Waals surface area contributed by atoms with Crippen molar-refractivity contribution in [2.75, 3.05) is 5.32 Å². The van der Waals surface area contributed by atoms with Gasteiger partial charge in [0.1, 0.15) is 12.1 Å². The zero-order valence-electron chi connectivity index (χ0n) is 8.93. The second kappa shape index (κ2) is 4.61. The van der Waals surface area contributed by atoms with Crippen molar-refractivity contribution >= 4 is 17.5 Å². The fourth-order valence-corrected chi connectivity index (χ4v) is 1.63. The van der Waals surface area contributed by atoms with Crippen molar-refractivity contribution in [2.24, 2.45) is 0 Å². The molecule has 0 spiro atoms. The summed E-state index contributed by atoms with van der Waals surface area (Å²) in [6, 6.07) is 3.08. The maximum Gasteiger partial charge on any atom is 0.249 e. The molecule has 2 heterocycles. The quantitative estimate of drug-likeness (QED) is 0.706. The minimum absolute atomic E-state index is 0.264. The smallest absolute Gasteiger partial charge is 0.249 e. The van der Waals surface area contributed by atoms with Crippen LogP contribution in [0.3, 0.4) is 0 Å². The lowest BCUT2D eigenvalue weighted by Gasteiger charge is -2.22. The molecule has 0 aromatic carbocycles. The molecule has 2 rings (SSSR count). The van der Waals surface area contributed by atoms with Gasteiger partial charge in [-0.25, -0.2) is 0 Å². The summed E-state index contributed by atoms with van der Waals surface area (Å²) in [4.78, 5) is 26.4. The molecule has 1 saturated heterocycles. The van der Waals surface area contributed by atoms with Crippen molar-refractivity contribution in [1.29, 1.82) is 5.26 Å². The predicted molar refractivity (Wildman–Crippen MR) is 58.7 cm³/mol. The minimum atomic E-state index is -0.496. The Labute approximate surface area is 97.7 Å². The van der Waals surface area contributed by atoms with Gasteiger partial charge in [-0.1, -0.05) is 0 Å². The number of amides is 2. The van der Waals surface area contributed by atoms with Gasteiger partial charge >= 0.3 is 0 Å². The molecule has 6 nitrogen and oxygen atoms in total. The molecule has 1 aliphatic rings. The maximum atomic E-state index is 11.5. The lowest BCUT2D eigenvalue weighted by Crippen LogP contribution is -2.47. The lowest BCUT2D eigenvalue weighted by atomic mass is 10.1. The summed E-state index contributed by atoms with van der Waals surface area (Å²) < 4.78 is 0. The number of nitrogens with zero attached hydrogens (tertiary/aromatic N) is 2. The molecule has 2 N–H and O–H groups in total. The highest BCUT2D eigenvalue weighted by atomic mass is 16.2. The number of nitriles is 1. The molecule has 0 aliphatic carbocycles. The first kappa shape index (κ1) is 11.1. The van der Waals surface area contributed by atoms with E-state index in [4.69, 9.17) is 5.26 Å². The zero-order valence-corrected chi connectivity index (χ0v) is 8.93. The van der Waals surface area contributed by atoms with E-state index in [2.05, 4.69) is 15.6 Å². The molecular weight excluding hydrogens is 220 g/mol. The van der Waals surface area contributed by atoms with Gasteiger partial charge < -0.3 is 5.32 Å². The number of aromatic nitrogens is 1. The Bertz CT molecular complexity index is 506. The number of hydrogen-bond acceptors (Lipinski definition) is 5. The van der Waals surface area contributed by atoms with E-state index in [0.717, 1.165) is 0 Å². The molecule has 1 aromatic heterocycles. The summed E-state index contributed by atoms with van der Waals surface area (Å²) in [7, 11) is 0. The maximum absolute atomic E-state index is 11.5. The van der Waals surface area contributed by atoms with Gasteiger partial charge in [0.2, 0.25) is 11.8 Å². The van der Waals surface area contributed by atoms with E-state index in [-0.39, 0.29) is 11.8 Å². The van der Waals surface area contributed by atoms with Crippen LogP contribution >= 0.6 is 0 Å². The average Bonchev–Trinajstić information content (AvgIpc) is 2.33. The molecule has 0 saturated carbocycles. The van der Waals surface area contributed by atoms with Crippen LogP contribution in [-0.4, -0.2) is 22.8 Å². The second-order valence-corrected chi connectivity index (χ2v) is 3.68. The minimum Gasteiger partial charge on any atom is -0.371 e. The number of carbonyl (C=O) groups excluding carboxylic acids is 2. The first-order chi connectivity index (χ1) is 8.20. The van der Waals surface area contributed by atoms with Crippen LogP contribution in [0.4, 0.5) is 5.69 Å². The number of imide groups is 1. The summed E-state index contributed by atoms with van der Waals surface area (Å²) >= 11 is 0. The third-order valence-electron chi connectivity index (χ3n) is 2.51. The van der Waals surface area contributed by atoms with Gasteiger partial charge in [-0.3, -0.25) is 19.9 Å². The number of anilines is 1. The molecule has 2 amide bonds. The number of piperidine rings is 1. The molecule has 1 unspecified atom stereocenters. The molecule has 1 fully saturated rings. The third kappa shape index (κ3) is 2.39. The molecule has 0 bridgehead atoms. The second-order valence-electron chi connectivity index (χ2n) is 3.68. The Hall–Kier alpha value is -2.42. The highest BCUT2D eigenvalue weighted by Crippen LogP contribution is 2.16. The monoisotopic (exact) mass is 230 g/mol. The summed E-state index contributed by atoms with van der Waals surface area (Å²) in [5.74, 6) is -0.631. The molecule has 17 heavy (non-hydrogen) atoms. The molecule has 1 aromatic rings. The Morgan fingerprint density at radius 3 is 3.06 bits per heavy atom. The standard InChI is InChI=1S/C11H10N4O2/c12-5-7-3-4-13-6-9(7)14-8-1-2-10(16)15-11(8)17/h3-4,6,8,14H,1-2H2,(H,15,16,17). The zero-order chi connectivity index (χ0) is 12.3. The van der Waals surface area contributed by atoms with Gasteiger partial charge in [-0.15, -0.1) is 0 Å². The van der Waals surface area contributed by atoms with Gasteiger partial charge in [0, 0.05) is 12.6 Å². The summed E-state index contributed by atoms with van der Waals surface area (Å²) in [5.41, 5.74) is 0.925. The van der Waals surface area contributed by atoms with E-state index in [1.165, 1.54) is 12.4 Å². The molecular formula is C11H10N4O2. The van der Waals surface area contributed by atoms with Gasteiger partial charge in [-0.2, -0.15) is 5.26 Å². The van der Waals surface area contributed by atoms with Crippen LogP contribution in [0.5, 0.6) is 0 Å². The Morgan fingerprint density at radius 2 is 2.35 bits per heavy atom. The van der Waals surface area contributed by atoms with Gasteiger partial charge in [0.15, 0.2) is 0 Å². The van der Waals surface area contributed by atoms with E-state index < -0.39 is 6.04 Å². The van der Waals surface area contributed by atoms with Crippen molar-refractivity contribution < 1.29 is 9.59 Å². The van der Waals surface area contributed by atoms with Crippen molar-refractivity contribution in [2.45, 2.75) is 18.9 Å². The van der Waals surface area contributed by atoms with Crippen LogP contribution in [0.15, 0.2) is 18.5 Å². The highest BCUT2D eigenvalue weighted by molar-refractivity contribution is 6.01. The number of nitrogens with one attached hydrogen (secondary N) is 2. The Morgan fingerprint density at radius 1 is 1.53 bits per heavy atom. The largest absolute Gasteiger partial charge is 0.371 e. The van der Waals surface area contributed by atoms with E-state index in [1.54, 1.807) is 6.07 Å². The van der Waals surface area contributed by atoms with E-state index in [0.29, 0.717) is 24.1 Å². The third-order valence-corrected chi connectivity index (χ3v) is 2.51. The van der Waals surface area contributed by atoms with Gasteiger partial charge in [-0.05, 0) is 12.5 Å². The van der Waals surface area contributed by atoms with E-state index in [9.17, 15) is 9.59 Å². The van der Waals surface area contributed by atoms with Crippen LogP contribution in [0.1, 0.15) is 18.4 Å². The lowest BCUT2D eigenvalue weighted by molar-refractivity contribution is -0.133. The van der Waals surface area contributed by atoms with Crippen LogP contribution < -0.4 is 10.6 Å². The summed E-state index contributed by atoms with van der Waals surface area (Å²) in [6.45, 7) is 0. The predicted octanol–water partition coefficient (Wildman–Crippen LogP) is 0.170. The molecule has 6 heteroatoms. The van der Waals surface area contributed by atoms with E-state index >= 15 is 0 Å². The van der Waals surface area contributed by atoms with Crippen LogP contribution in [0.25, 0.3) is 0 Å². The first-order valence-electron chi connectivity index (χ1n) is 5.15. The number of pyridine rings is 1. The van der Waals surface area contributed by atoms with Crippen molar-refractivity contribution in [3.05, 3.63) is 24.0 Å². The van der Waals surface area contributed by atoms with Crippen LogP contribution in [-0.2, 0) is 9.59 Å². The topological polar surface area (TPSA) is 94.9 Å². The SMILES string of the molecule is N#Cc1ccncc1NC1CCC(=O)NC1=O. The highest BCUT2D eigenvalue weighted by Gasteiger charge is 2.26. The fraction of sp³-hybridized carbons (Fsp3) is 0.273. The summed E-state index contributed by atoms with van der Waals surface area (Å²) in [6.07, 6.45) is 3.71. The summed E-state index contributed by atoms with van der Waals surface area (Å²) in [5, 5.41) is 14.0. The van der Waals surface area contributed by atoms with Crippen LogP contribution in [0.2, 0.25) is 0 Å². The normalized spacial score (nSPS) is 19.4. The fourth-order valence-electron chi connectivity index (χ4n) is 1.63. The molecule has 86 valence electrons. The van der Waals surface area contributed by atoms with Crippen molar-refractivity contribution in [3.8, 4) is 6.07 Å². The average molecular weight is 230 g/mol. The first-order valence-corrected chi connectivity index (χ1v) is 5.15. The number of rotatable bonds is 2. The van der Waals surface area contributed by atoms with E-state index in [1.807, 2.05) is 6.07 Å². The molecule has 0 radical (unpaired) electrons. The Kier molecular flexibility index (Phi) is 3.01. The Balaban J connectivity index is 2.13. The van der Waals surface area contributed by atoms with Crippen LogP contribution in [0, 0.1) is 11.3 Å². The number of hydrogen-bond donors (Lipinski definition) is 2. The van der Waals surface area contributed by atoms with Gasteiger partial charge in [0.05, 0.1) is 17.4 Å².